The van der Waals surface area contributed by atoms with Crippen LogP contribution >= 0.6 is 11.3 Å². The van der Waals surface area contributed by atoms with Crippen molar-refractivity contribution in [3.05, 3.63) is 51.4 Å². The van der Waals surface area contributed by atoms with Crippen molar-refractivity contribution in [2.75, 3.05) is 11.9 Å². The van der Waals surface area contributed by atoms with Crippen LogP contribution in [0, 0.1) is 5.92 Å². The smallest absolute Gasteiger partial charge is 0.394 e. The quantitative estimate of drug-likeness (QED) is 0.484. The Labute approximate surface area is 187 Å². The first-order valence-electron chi connectivity index (χ1n) is 10.2. The van der Waals surface area contributed by atoms with Crippen LogP contribution in [0.1, 0.15) is 38.3 Å². The number of rotatable bonds is 6. The van der Waals surface area contributed by atoms with Crippen LogP contribution in [0.4, 0.5) is 5.00 Å². The van der Waals surface area contributed by atoms with Gasteiger partial charge in [0.25, 0.3) is 0 Å². The van der Waals surface area contributed by atoms with Crippen molar-refractivity contribution in [1.82, 2.24) is 5.32 Å². The van der Waals surface area contributed by atoms with Gasteiger partial charge in [0, 0.05) is 24.3 Å². The van der Waals surface area contributed by atoms with Crippen molar-refractivity contribution >= 4 is 40.1 Å². The Morgan fingerprint density at radius 2 is 1.75 bits per heavy atom. The fraction of sp³-hybridized carbons (Fsp3) is 0.364. The molecule has 2 aliphatic rings. The van der Waals surface area contributed by atoms with Crippen molar-refractivity contribution < 1.29 is 34.1 Å². The molecule has 4 N–H and O–H groups in total. The summed E-state index contributed by atoms with van der Waals surface area (Å²) in [6.07, 6.45) is 2.01. The molecule has 9 nitrogen and oxygen atoms in total. The highest BCUT2D eigenvalue weighted by Crippen LogP contribution is 2.38. The molecule has 0 bridgehead atoms. The lowest BCUT2D eigenvalue weighted by Gasteiger charge is -2.24. The molecule has 0 spiro atoms. The summed E-state index contributed by atoms with van der Waals surface area (Å²) in [5.74, 6) is -4.06. The number of nitrogens with one attached hydrogen (secondary N) is 2. The standard InChI is InChI=1S/C22H22N2O7S/c25-17(7-11-5-12-3-1-2-4-13(12)6-11)23-9-14-8-15-16(10-31-14)32-20(18(15)21(27)28)24-19(26)22(29)30/h1-4,11,14H,5-10H2,(H,23,25)(H,24,26)(H,27,28)(H,29,30). The number of hydrogen-bond donors (Lipinski definition) is 4. The zero-order chi connectivity index (χ0) is 22.8. The second kappa shape index (κ2) is 9.09. The monoisotopic (exact) mass is 458 g/mol. The van der Waals surface area contributed by atoms with Gasteiger partial charge in [-0.1, -0.05) is 24.3 Å². The van der Waals surface area contributed by atoms with E-state index in [1.54, 1.807) is 0 Å². The number of aromatic carboxylic acids is 1. The van der Waals surface area contributed by atoms with Gasteiger partial charge in [0.05, 0.1) is 18.3 Å². The van der Waals surface area contributed by atoms with Gasteiger partial charge in [-0.3, -0.25) is 9.59 Å². The van der Waals surface area contributed by atoms with Gasteiger partial charge in [-0.05, 0) is 35.4 Å². The van der Waals surface area contributed by atoms with Gasteiger partial charge in [-0.15, -0.1) is 11.3 Å². The Hall–Kier alpha value is -3.24. The number of benzene rings is 1. The van der Waals surface area contributed by atoms with Crippen LogP contribution in [0.5, 0.6) is 0 Å². The van der Waals surface area contributed by atoms with Crippen LogP contribution in [-0.2, 0) is 45.0 Å². The molecule has 1 aromatic carbocycles. The fourth-order valence-corrected chi connectivity index (χ4v) is 5.42. The first-order chi connectivity index (χ1) is 15.3. The predicted molar refractivity (Wildman–Crippen MR) is 115 cm³/mol. The summed E-state index contributed by atoms with van der Waals surface area (Å²) >= 11 is 0.989. The van der Waals surface area contributed by atoms with Gasteiger partial charge in [-0.2, -0.15) is 0 Å². The Kier molecular flexibility index (Phi) is 6.24. The molecule has 0 fully saturated rings. The third kappa shape index (κ3) is 4.66. The summed E-state index contributed by atoms with van der Waals surface area (Å²) in [5.41, 5.74) is 2.96. The Bertz CT molecular complexity index is 1070. The molecule has 0 saturated heterocycles. The van der Waals surface area contributed by atoms with Crippen molar-refractivity contribution in [2.45, 2.75) is 38.4 Å². The van der Waals surface area contributed by atoms with Crippen LogP contribution in [0.2, 0.25) is 0 Å². The number of thiophene rings is 1. The van der Waals surface area contributed by atoms with E-state index in [1.807, 2.05) is 12.1 Å². The minimum atomic E-state index is -1.70. The first-order valence-corrected chi connectivity index (χ1v) is 11.0. The summed E-state index contributed by atoms with van der Waals surface area (Å²) in [5, 5.41) is 23.4. The molecule has 2 amide bonds. The van der Waals surface area contributed by atoms with E-state index in [-0.39, 0.29) is 42.0 Å². The van der Waals surface area contributed by atoms with Crippen molar-refractivity contribution in [3.63, 3.8) is 0 Å². The second-order valence-corrected chi connectivity index (χ2v) is 9.07. The number of anilines is 1. The molecule has 1 unspecified atom stereocenters. The molecule has 2 aromatic rings. The number of carbonyl (C=O) groups is 4. The lowest BCUT2D eigenvalue weighted by Crippen LogP contribution is -2.37. The third-order valence-electron chi connectivity index (χ3n) is 5.74. The minimum absolute atomic E-state index is 0.0241. The van der Waals surface area contributed by atoms with Crippen LogP contribution in [0.15, 0.2) is 24.3 Å². The number of ether oxygens (including phenoxy) is 1. The van der Waals surface area contributed by atoms with Crippen molar-refractivity contribution in [1.29, 1.82) is 0 Å². The summed E-state index contributed by atoms with van der Waals surface area (Å²) in [6.45, 7) is 0.366. The predicted octanol–water partition coefficient (Wildman–Crippen LogP) is 1.83. The highest BCUT2D eigenvalue weighted by Gasteiger charge is 2.31. The highest BCUT2D eigenvalue weighted by molar-refractivity contribution is 7.17. The number of fused-ring (bicyclic) bond motifs is 2. The van der Waals surface area contributed by atoms with Crippen LogP contribution in [0.3, 0.4) is 0 Å². The molecule has 0 saturated carbocycles. The Morgan fingerprint density at radius 3 is 2.38 bits per heavy atom. The fourth-order valence-electron chi connectivity index (χ4n) is 4.28. The Balaban J connectivity index is 1.34. The maximum absolute atomic E-state index is 12.4. The first kappa shape index (κ1) is 22.0. The van der Waals surface area contributed by atoms with Crippen LogP contribution in [-0.4, -0.2) is 46.6 Å². The zero-order valence-electron chi connectivity index (χ0n) is 17.1. The average Bonchev–Trinajstić information content (AvgIpc) is 3.31. The number of carbonyl (C=O) groups excluding carboxylic acids is 2. The lowest BCUT2D eigenvalue weighted by molar-refractivity contribution is -0.147. The maximum atomic E-state index is 12.4. The topological polar surface area (TPSA) is 142 Å². The molecule has 2 heterocycles. The second-order valence-electron chi connectivity index (χ2n) is 7.96. The van der Waals surface area contributed by atoms with Gasteiger partial charge in [0.15, 0.2) is 0 Å². The molecule has 0 radical (unpaired) electrons. The summed E-state index contributed by atoms with van der Waals surface area (Å²) < 4.78 is 5.75. The van der Waals surface area contributed by atoms with Crippen LogP contribution < -0.4 is 10.6 Å². The van der Waals surface area contributed by atoms with Gasteiger partial charge in [0.2, 0.25) is 5.91 Å². The molecule has 4 rings (SSSR count). The molecule has 1 atom stereocenters. The van der Waals surface area contributed by atoms with Gasteiger partial charge in [0.1, 0.15) is 5.00 Å². The number of aliphatic carboxylic acids is 1. The molecule has 32 heavy (non-hydrogen) atoms. The minimum Gasteiger partial charge on any atom is -0.478 e. The van der Waals surface area contributed by atoms with E-state index in [0.717, 1.165) is 24.2 Å². The summed E-state index contributed by atoms with van der Waals surface area (Å²) in [4.78, 5) is 47.1. The Morgan fingerprint density at radius 1 is 1.06 bits per heavy atom. The number of hydrogen-bond acceptors (Lipinski definition) is 6. The number of amides is 2. The van der Waals surface area contributed by atoms with E-state index in [2.05, 4.69) is 22.8 Å². The van der Waals surface area contributed by atoms with Gasteiger partial charge < -0.3 is 25.6 Å². The van der Waals surface area contributed by atoms with E-state index in [9.17, 15) is 24.3 Å². The van der Waals surface area contributed by atoms with E-state index in [4.69, 9.17) is 9.84 Å². The lowest BCUT2D eigenvalue weighted by atomic mass is 10.00. The van der Waals surface area contributed by atoms with Gasteiger partial charge >= 0.3 is 17.8 Å². The van der Waals surface area contributed by atoms with E-state index < -0.39 is 23.9 Å². The third-order valence-corrected chi connectivity index (χ3v) is 6.87. The number of carboxylic acids is 2. The maximum Gasteiger partial charge on any atom is 0.394 e. The summed E-state index contributed by atoms with van der Waals surface area (Å²) in [7, 11) is 0. The molecular weight excluding hydrogens is 436 g/mol. The van der Waals surface area contributed by atoms with E-state index in [1.165, 1.54) is 11.1 Å². The molecule has 1 aliphatic carbocycles. The highest BCUT2D eigenvalue weighted by atomic mass is 32.1. The normalized spacial score (nSPS) is 17.3. The SMILES string of the molecule is O=C(CC1Cc2ccccc2C1)NCC1Cc2c(sc(NC(=O)C(=O)O)c2C(=O)O)CO1. The van der Waals surface area contributed by atoms with Crippen molar-refractivity contribution in [2.24, 2.45) is 5.92 Å². The van der Waals surface area contributed by atoms with Crippen LogP contribution in [0.25, 0.3) is 0 Å². The molecule has 168 valence electrons. The van der Waals surface area contributed by atoms with E-state index in [0.29, 0.717) is 16.9 Å². The molecule has 1 aromatic heterocycles. The number of carboxylic acid groups (broad SMARTS) is 2. The zero-order valence-corrected chi connectivity index (χ0v) is 17.9. The van der Waals surface area contributed by atoms with Crippen molar-refractivity contribution in [3.8, 4) is 0 Å². The summed E-state index contributed by atoms with van der Waals surface area (Å²) in [6, 6.07) is 8.19. The van der Waals surface area contributed by atoms with E-state index >= 15 is 0 Å². The van der Waals surface area contributed by atoms with Gasteiger partial charge in [-0.25, -0.2) is 9.59 Å². The molecular formula is C22H22N2O7S. The molecule has 1 aliphatic heterocycles. The average molecular weight is 458 g/mol. The largest absolute Gasteiger partial charge is 0.478 e. The molecule has 10 heteroatoms.